The van der Waals surface area contributed by atoms with E-state index >= 15 is 0 Å². The van der Waals surface area contributed by atoms with Crippen molar-refractivity contribution in [2.24, 2.45) is 10.7 Å². The highest BCUT2D eigenvalue weighted by atomic mass is 16.5. The van der Waals surface area contributed by atoms with Gasteiger partial charge in [-0.05, 0) is 30.3 Å². The predicted octanol–water partition coefficient (Wildman–Crippen LogP) is 3.96. The Morgan fingerprint density at radius 3 is 2.79 bits per heavy atom. The Bertz CT molecular complexity index is 1160. The first-order chi connectivity index (χ1) is 14.1. The Labute approximate surface area is 166 Å². The van der Waals surface area contributed by atoms with Gasteiger partial charge in [0.2, 0.25) is 5.88 Å². The van der Waals surface area contributed by atoms with Gasteiger partial charge in [-0.25, -0.2) is 0 Å². The number of hydrogen-bond acceptors (Lipinski definition) is 7. The second-order valence-electron chi connectivity index (χ2n) is 6.32. The summed E-state index contributed by atoms with van der Waals surface area (Å²) in [5.41, 5.74) is 7.88. The maximum absolute atomic E-state index is 10.4. The average molecular weight is 387 g/mol. The summed E-state index contributed by atoms with van der Waals surface area (Å²) in [6.45, 7) is 0. The van der Waals surface area contributed by atoms with E-state index in [1.165, 1.54) is 18.5 Å². The van der Waals surface area contributed by atoms with E-state index in [9.17, 15) is 10.4 Å². The van der Waals surface area contributed by atoms with Crippen LogP contribution in [0.25, 0.3) is 0 Å². The minimum absolute atomic E-state index is 0.0174. The van der Waals surface area contributed by atoms with Crippen molar-refractivity contribution in [2.45, 2.75) is 5.92 Å². The van der Waals surface area contributed by atoms with Crippen molar-refractivity contribution in [1.29, 1.82) is 5.26 Å². The number of allylic oxidation sites excluding steroid dienone is 1. The normalized spacial score (nSPS) is 15.7. The van der Waals surface area contributed by atoms with Crippen LogP contribution in [0.5, 0.6) is 17.2 Å². The lowest BCUT2D eigenvalue weighted by Crippen LogP contribution is -2.21. The first-order valence-electron chi connectivity index (χ1n) is 8.77. The van der Waals surface area contributed by atoms with Gasteiger partial charge >= 0.3 is 0 Å². The molecule has 7 nitrogen and oxygen atoms in total. The molecule has 0 saturated heterocycles. The van der Waals surface area contributed by atoms with E-state index in [0.29, 0.717) is 34.1 Å². The summed E-state index contributed by atoms with van der Waals surface area (Å²) in [4.78, 5) is 4.42. The van der Waals surface area contributed by atoms with E-state index in [1.54, 1.807) is 37.4 Å². The molecule has 4 rings (SSSR count). The molecule has 1 aromatic heterocycles. The van der Waals surface area contributed by atoms with Crippen molar-refractivity contribution in [3.8, 4) is 23.3 Å². The lowest BCUT2D eigenvalue weighted by atomic mass is 9.86. The quantitative estimate of drug-likeness (QED) is 0.655. The third-order valence-corrected chi connectivity index (χ3v) is 4.62. The van der Waals surface area contributed by atoms with Crippen molar-refractivity contribution in [1.82, 2.24) is 0 Å². The van der Waals surface area contributed by atoms with Crippen LogP contribution in [0.4, 0.5) is 5.69 Å². The molecule has 3 N–H and O–H groups in total. The summed E-state index contributed by atoms with van der Waals surface area (Å²) < 4.78 is 16.4. The Balaban J connectivity index is 1.80. The van der Waals surface area contributed by atoms with E-state index in [1.807, 2.05) is 12.1 Å². The summed E-state index contributed by atoms with van der Waals surface area (Å²) in [6.07, 6.45) is 3.06. The Hall–Kier alpha value is -4.18. The zero-order valence-electron chi connectivity index (χ0n) is 15.5. The van der Waals surface area contributed by atoms with Gasteiger partial charge in [0.1, 0.15) is 40.3 Å². The van der Waals surface area contributed by atoms with Crippen molar-refractivity contribution in [3.05, 3.63) is 83.1 Å². The fourth-order valence-electron chi connectivity index (χ4n) is 3.24. The number of nitriles is 1. The maximum atomic E-state index is 10.4. The fourth-order valence-corrected chi connectivity index (χ4v) is 3.24. The monoisotopic (exact) mass is 387 g/mol. The lowest BCUT2D eigenvalue weighted by Gasteiger charge is -2.25. The van der Waals surface area contributed by atoms with E-state index in [-0.39, 0.29) is 17.2 Å². The number of fused-ring (bicyclic) bond motifs is 1. The first kappa shape index (κ1) is 18.2. The molecule has 0 fully saturated rings. The van der Waals surface area contributed by atoms with Crippen LogP contribution in [-0.2, 0) is 0 Å². The third kappa shape index (κ3) is 3.28. The smallest absolute Gasteiger partial charge is 0.205 e. The Morgan fingerprint density at radius 1 is 1.24 bits per heavy atom. The van der Waals surface area contributed by atoms with Crippen LogP contribution in [0.1, 0.15) is 22.8 Å². The van der Waals surface area contributed by atoms with Gasteiger partial charge in [-0.1, -0.05) is 12.1 Å². The first-order valence-corrected chi connectivity index (χ1v) is 8.77. The molecule has 0 bridgehead atoms. The van der Waals surface area contributed by atoms with Crippen LogP contribution in [0, 0.1) is 11.3 Å². The standard InChI is InChI=1S/C22H17N3O4/c1-27-18-6-3-2-5-16(18)25-12-13-9-14-20(10-17(13)26)29-22(24)15(11-23)21(14)19-7-4-8-28-19/h2-10,12,21,26H,24H2,1H3/t21-/m0/s1. The molecule has 29 heavy (non-hydrogen) atoms. The van der Waals surface area contributed by atoms with E-state index in [0.717, 1.165) is 0 Å². The average Bonchev–Trinajstić information content (AvgIpc) is 3.26. The number of phenols is 1. The molecule has 0 amide bonds. The van der Waals surface area contributed by atoms with Crippen molar-refractivity contribution >= 4 is 11.9 Å². The van der Waals surface area contributed by atoms with Crippen LogP contribution in [0.3, 0.4) is 0 Å². The highest BCUT2D eigenvalue weighted by Crippen LogP contribution is 2.44. The highest BCUT2D eigenvalue weighted by Gasteiger charge is 2.33. The number of benzene rings is 2. The number of ether oxygens (including phenoxy) is 2. The number of rotatable bonds is 4. The zero-order chi connectivity index (χ0) is 20.4. The summed E-state index contributed by atoms with van der Waals surface area (Å²) >= 11 is 0. The molecule has 7 heteroatoms. The van der Waals surface area contributed by atoms with Crippen LogP contribution < -0.4 is 15.2 Å². The molecule has 1 aliphatic heterocycles. The second kappa shape index (κ2) is 7.44. The number of para-hydroxylation sites is 2. The van der Waals surface area contributed by atoms with E-state index < -0.39 is 5.92 Å². The number of furan rings is 1. The number of nitrogens with zero attached hydrogens (tertiary/aromatic N) is 2. The van der Waals surface area contributed by atoms with Crippen LogP contribution >= 0.6 is 0 Å². The minimum atomic E-state index is -0.544. The SMILES string of the molecule is COc1ccccc1N=Cc1cc2c(cc1O)OC(N)=C(C#N)[C@H]2c1ccco1. The largest absolute Gasteiger partial charge is 0.507 e. The number of aliphatic imine (C=N–C) groups is 1. The molecular formula is C22H17N3O4. The predicted molar refractivity (Wildman–Crippen MR) is 106 cm³/mol. The molecular weight excluding hydrogens is 370 g/mol. The number of nitrogens with two attached hydrogens (primary N) is 1. The van der Waals surface area contributed by atoms with Crippen molar-refractivity contribution in [3.63, 3.8) is 0 Å². The summed E-state index contributed by atoms with van der Waals surface area (Å²) in [5, 5.41) is 20.0. The van der Waals surface area contributed by atoms with Gasteiger partial charge in [0, 0.05) is 23.4 Å². The summed E-state index contributed by atoms with van der Waals surface area (Å²) in [6, 6.07) is 16.1. The van der Waals surface area contributed by atoms with Gasteiger partial charge < -0.3 is 24.7 Å². The molecule has 1 aliphatic rings. The van der Waals surface area contributed by atoms with Gasteiger partial charge in [0.15, 0.2) is 0 Å². The number of phenolic OH excluding ortho intramolecular Hbond substituents is 1. The Kier molecular flexibility index (Phi) is 4.67. The van der Waals surface area contributed by atoms with Gasteiger partial charge in [-0.15, -0.1) is 0 Å². The van der Waals surface area contributed by atoms with Gasteiger partial charge in [-0.3, -0.25) is 4.99 Å². The molecule has 2 heterocycles. The second-order valence-corrected chi connectivity index (χ2v) is 6.32. The minimum Gasteiger partial charge on any atom is -0.507 e. The fraction of sp³-hybridized carbons (Fsp3) is 0.0909. The summed E-state index contributed by atoms with van der Waals surface area (Å²) in [7, 11) is 1.57. The molecule has 0 spiro atoms. The molecule has 3 aromatic rings. The molecule has 144 valence electrons. The zero-order valence-corrected chi connectivity index (χ0v) is 15.5. The van der Waals surface area contributed by atoms with Gasteiger partial charge in [-0.2, -0.15) is 5.26 Å². The Morgan fingerprint density at radius 2 is 2.07 bits per heavy atom. The van der Waals surface area contributed by atoms with Crippen LogP contribution in [0.2, 0.25) is 0 Å². The van der Waals surface area contributed by atoms with Crippen LogP contribution in [0.15, 0.2) is 75.7 Å². The highest BCUT2D eigenvalue weighted by molar-refractivity contribution is 5.87. The maximum Gasteiger partial charge on any atom is 0.205 e. The van der Waals surface area contributed by atoms with Crippen molar-refractivity contribution in [2.75, 3.05) is 7.11 Å². The van der Waals surface area contributed by atoms with E-state index in [2.05, 4.69) is 11.1 Å². The molecule has 0 unspecified atom stereocenters. The van der Waals surface area contributed by atoms with Crippen molar-refractivity contribution < 1.29 is 19.0 Å². The van der Waals surface area contributed by atoms with Gasteiger partial charge in [0.25, 0.3) is 0 Å². The molecule has 0 saturated carbocycles. The molecule has 0 radical (unpaired) electrons. The van der Waals surface area contributed by atoms with Crippen LogP contribution in [-0.4, -0.2) is 18.4 Å². The summed E-state index contributed by atoms with van der Waals surface area (Å²) in [5.74, 6) is 0.922. The van der Waals surface area contributed by atoms with Gasteiger partial charge in [0.05, 0.1) is 19.3 Å². The lowest BCUT2D eigenvalue weighted by molar-refractivity contribution is 0.379. The molecule has 1 atom stereocenters. The number of hydrogen-bond donors (Lipinski definition) is 2. The number of aromatic hydroxyl groups is 1. The topological polar surface area (TPSA) is 114 Å². The third-order valence-electron chi connectivity index (χ3n) is 4.62. The molecule has 2 aromatic carbocycles. The molecule has 0 aliphatic carbocycles. The number of methoxy groups -OCH3 is 1. The van der Waals surface area contributed by atoms with E-state index in [4.69, 9.17) is 19.6 Å².